The number of hydrogen-bond acceptors (Lipinski definition) is 3. The molecule has 1 atom stereocenters. The normalized spacial score (nSPS) is 17.6. The molecule has 0 aromatic carbocycles. The maximum Gasteiger partial charge on any atom is 0.193 e. The Hall–Kier alpha value is -1.56. The van der Waals surface area contributed by atoms with Crippen molar-refractivity contribution in [1.82, 2.24) is 24.9 Å². The van der Waals surface area contributed by atoms with Gasteiger partial charge in [0.25, 0.3) is 0 Å². The molecule has 1 aromatic heterocycles. The third-order valence-electron chi connectivity index (χ3n) is 5.79. The van der Waals surface area contributed by atoms with E-state index >= 15 is 0 Å². The van der Waals surface area contributed by atoms with E-state index in [4.69, 9.17) is 0 Å². The van der Waals surface area contributed by atoms with Crippen molar-refractivity contribution in [2.75, 3.05) is 34.7 Å². The number of nitrogens with one attached hydrogen (secondary N) is 1. The van der Waals surface area contributed by atoms with Crippen LogP contribution in [0.25, 0.3) is 0 Å². The highest BCUT2D eigenvalue weighted by atomic mass is 15.3. The SMILES string of the molecule is CN=C(NCC(C1CCCCC1)N(C)C)N(C)Cc1cn(C)nc1C(C)C. The summed E-state index contributed by atoms with van der Waals surface area (Å²) in [5.41, 5.74) is 2.45. The summed E-state index contributed by atoms with van der Waals surface area (Å²) in [7, 11) is 10.4. The van der Waals surface area contributed by atoms with Gasteiger partial charge >= 0.3 is 0 Å². The fraction of sp³-hybridized carbons (Fsp3) is 0.810. The Morgan fingerprint density at radius 2 is 1.93 bits per heavy atom. The number of aliphatic imine (C=N–C) groups is 1. The van der Waals surface area contributed by atoms with E-state index in [0.717, 1.165) is 25.0 Å². The summed E-state index contributed by atoms with van der Waals surface area (Å²) in [6.45, 7) is 6.16. The van der Waals surface area contributed by atoms with Gasteiger partial charge in [-0.1, -0.05) is 33.1 Å². The maximum absolute atomic E-state index is 4.63. The van der Waals surface area contributed by atoms with E-state index in [0.29, 0.717) is 12.0 Å². The average Bonchev–Trinajstić information content (AvgIpc) is 2.99. The Kier molecular flexibility index (Phi) is 8.14. The molecule has 1 aliphatic carbocycles. The first-order valence-corrected chi connectivity index (χ1v) is 10.4. The molecule has 0 saturated heterocycles. The zero-order chi connectivity index (χ0) is 20.0. The first-order chi connectivity index (χ1) is 12.8. The monoisotopic (exact) mass is 376 g/mol. The molecule has 1 saturated carbocycles. The lowest BCUT2D eigenvalue weighted by molar-refractivity contribution is 0.170. The molecular weight excluding hydrogens is 336 g/mol. The molecule has 1 N–H and O–H groups in total. The Bertz CT molecular complexity index is 598. The summed E-state index contributed by atoms with van der Waals surface area (Å²) >= 11 is 0. The van der Waals surface area contributed by atoms with Crippen LogP contribution in [0.3, 0.4) is 0 Å². The summed E-state index contributed by atoms with van der Waals surface area (Å²) in [5, 5.41) is 8.26. The number of hydrogen-bond donors (Lipinski definition) is 1. The average molecular weight is 377 g/mol. The van der Waals surface area contributed by atoms with Crippen LogP contribution in [-0.4, -0.2) is 66.3 Å². The Balaban J connectivity index is 1.99. The minimum atomic E-state index is 0.425. The van der Waals surface area contributed by atoms with E-state index in [9.17, 15) is 0 Å². The predicted octanol–water partition coefficient (Wildman–Crippen LogP) is 3.06. The number of aromatic nitrogens is 2. The third-order valence-corrected chi connectivity index (χ3v) is 5.79. The third kappa shape index (κ3) is 5.96. The predicted molar refractivity (Wildman–Crippen MR) is 114 cm³/mol. The highest BCUT2D eigenvalue weighted by Crippen LogP contribution is 2.28. The Labute approximate surface area is 166 Å². The molecule has 0 aliphatic heterocycles. The smallest absolute Gasteiger partial charge is 0.193 e. The first-order valence-electron chi connectivity index (χ1n) is 10.4. The van der Waals surface area contributed by atoms with Gasteiger partial charge in [-0.25, -0.2) is 0 Å². The van der Waals surface area contributed by atoms with Crippen LogP contribution in [0.1, 0.15) is 63.1 Å². The Morgan fingerprint density at radius 3 is 2.48 bits per heavy atom. The summed E-state index contributed by atoms with van der Waals surface area (Å²) in [6.07, 6.45) is 8.99. The van der Waals surface area contributed by atoms with Crippen LogP contribution >= 0.6 is 0 Å². The molecule has 154 valence electrons. The molecule has 6 nitrogen and oxygen atoms in total. The molecule has 27 heavy (non-hydrogen) atoms. The van der Waals surface area contributed by atoms with Gasteiger partial charge in [-0.05, 0) is 38.8 Å². The van der Waals surface area contributed by atoms with Gasteiger partial charge in [-0.15, -0.1) is 0 Å². The largest absolute Gasteiger partial charge is 0.355 e. The standard InChI is InChI=1S/C21H40N6/c1-16(2)20-18(15-27(7)24-20)14-26(6)21(22-3)23-13-19(25(4)5)17-11-9-8-10-12-17/h15-17,19H,8-14H2,1-7H3,(H,22,23). The number of nitrogens with zero attached hydrogens (tertiary/aromatic N) is 5. The van der Waals surface area contributed by atoms with Crippen LogP contribution in [-0.2, 0) is 13.6 Å². The van der Waals surface area contributed by atoms with Crippen molar-refractivity contribution in [3.8, 4) is 0 Å². The lowest BCUT2D eigenvalue weighted by Gasteiger charge is -2.36. The van der Waals surface area contributed by atoms with E-state index in [1.165, 1.54) is 43.4 Å². The van der Waals surface area contributed by atoms with Gasteiger partial charge in [-0.2, -0.15) is 5.10 Å². The van der Waals surface area contributed by atoms with Crippen molar-refractivity contribution in [3.63, 3.8) is 0 Å². The van der Waals surface area contributed by atoms with Crippen LogP contribution in [0, 0.1) is 5.92 Å². The van der Waals surface area contributed by atoms with Gasteiger partial charge in [0.1, 0.15) is 0 Å². The van der Waals surface area contributed by atoms with E-state index in [-0.39, 0.29) is 0 Å². The minimum absolute atomic E-state index is 0.425. The zero-order valence-corrected chi connectivity index (χ0v) is 18.5. The van der Waals surface area contributed by atoms with Crippen molar-refractivity contribution < 1.29 is 0 Å². The van der Waals surface area contributed by atoms with Crippen LogP contribution in [0.15, 0.2) is 11.2 Å². The molecule has 0 spiro atoms. The Morgan fingerprint density at radius 1 is 1.26 bits per heavy atom. The van der Waals surface area contributed by atoms with Crippen molar-refractivity contribution >= 4 is 5.96 Å². The quantitative estimate of drug-likeness (QED) is 0.587. The van der Waals surface area contributed by atoms with Crippen LogP contribution in [0.2, 0.25) is 0 Å². The van der Waals surface area contributed by atoms with Crippen LogP contribution in [0.5, 0.6) is 0 Å². The fourth-order valence-electron chi connectivity index (χ4n) is 4.36. The minimum Gasteiger partial charge on any atom is -0.355 e. The lowest BCUT2D eigenvalue weighted by Crippen LogP contribution is -2.48. The highest BCUT2D eigenvalue weighted by Gasteiger charge is 2.26. The van der Waals surface area contributed by atoms with Gasteiger partial charge in [0.05, 0.1) is 5.69 Å². The maximum atomic E-state index is 4.63. The van der Waals surface area contributed by atoms with E-state index in [1.807, 2.05) is 18.8 Å². The van der Waals surface area contributed by atoms with Crippen LogP contribution in [0.4, 0.5) is 0 Å². The molecule has 1 unspecified atom stereocenters. The topological polar surface area (TPSA) is 48.7 Å². The second kappa shape index (κ2) is 10.1. The molecule has 1 fully saturated rings. The second-order valence-electron chi connectivity index (χ2n) is 8.58. The lowest BCUT2D eigenvalue weighted by atomic mass is 9.83. The van der Waals surface area contributed by atoms with E-state index < -0.39 is 0 Å². The molecule has 1 aromatic rings. The van der Waals surface area contributed by atoms with Crippen LogP contribution < -0.4 is 5.32 Å². The van der Waals surface area contributed by atoms with Gasteiger partial charge in [0, 0.05) is 52.0 Å². The summed E-state index contributed by atoms with van der Waals surface area (Å²) in [5.74, 6) is 2.17. The van der Waals surface area contributed by atoms with Gasteiger partial charge < -0.3 is 15.1 Å². The fourth-order valence-corrected chi connectivity index (χ4v) is 4.36. The molecular formula is C21H40N6. The van der Waals surface area contributed by atoms with Crippen molar-refractivity contribution in [1.29, 1.82) is 0 Å². The van der Waals surface area contributed by atoms with Crippen molar-refractivity contribution in [2.45, 2.75) is 64.5 Å². The number of rotatable bonds is 7. The molecule has 1 heterocycles. The molecule has 6 heteroatoms. The summed E-state index contributed by atoms with van der Waals surface area (Å²) < 4.78 is 1.92. The number of aryl methyl sites for hydroxylation is 1. The molecule has 0 radical (unpaired) electrons. The van der Waals surface area contributed by atoms with Gasteiger partial charge in [0.15, 0.2) is 5.96 Å². The molecule has 0 bridgehead atoms. The number of likely N-dealkylation sites (N-methyl/N-ethyl adjacent to an activating group) is 1. The van der Waals surface area contributed by atoms with E-state index in [2.05, 4.69) is 66.4 Å². The molecule has 1 aliphatic rings. The highest BCUT2D eigenvalue weighted by molar-refractivity contribution is 5.79. The summed E-state index contributed by atoms with van der Waals surface area (Å²) in [4.78, 5) is 9.12. The van der Waals surface area contributed by atoms with E-state index in [1.54, 1.807) is 0 Å². The van der Waals surface area contributed by atoms with Gasteiger partial charge in [-0.3, -0.25) is 9.67 Å². The number of guanidine groups is 1. The molecule has 0 amide bonds. The zero-order valence-electron chi connectivity index (χ0n) is 18.5. The molecule has 2 rings (SSSR count). The van der Waals surface area contributed by atoms with Crippen molar-refractivity contribution in [2.24, 2.45) is 18.0 Å². The second-order valence-corrected chi connectivity index (χ2v) is 8.58. The van der Waals surface area contributed by atoms with Crippen molar-refractivity contribution in [3.05, 3.63) is 17.5 Å². The first kappa shape index (κ1) is 21.7. The summed E-state index contributed by atoms with van der Waals surface area (Å²) in [6, 6.07) is 0.556. The van der Waals surface area contributed by atoms with Gasteiger partial charge in [0.2, 0.25) is 0 Å².